The fourth-order valence-corrected chi connectivity index (χ4v) is 8.64. The summed E-state index contributed by atoms with van der Waals surface area (Å²) in [6.45, 7) is 44.0. The first-order chi connectivity index (χ1) is 27.4. The van der Waals surface area contributed by atoms with Gasteiger partial charge < -0.3 is 24.7 Å². The van der Waals surface area contributed by atoms with Gasteiger partial charge in [-0.2, -0.15) is 0 Å². The Balaban J connectivity index is 0.000000150. The molecule has 0 fully saturated rings. The van der Waals surface area contributed by atoms with Crippen molar-refractivity contribution in [1.29, 1.82) is 0 Å². The van der Waals surface area contributed by atoms with Gasteiger partial charge in [-0.05, 0) is 185 Å². The highest BCUT2D eigenvalue weighted by molar-refractivity contribution is 5.78. The number of nitrogens with zero attached hydrogens (tertiary/aromatic N) is 8. The highest BCUT2D eigenvalue weighted by atomic mass is 15.0. The zero-order valence-electron chi connectivity index (χ0n) is 39.8. The summed E-state index contributed by atoms with van der Waals surface area (Å²) in [4.78, 5) is 18.2. The zero-order chi connectivity index (χ0) is 44.4. The molecule has 0 bridgehead atoms. The van der Waals surface area contributed by atoms with Crippen LogP contribution in [0.25, 0.3) is 22.1 Å². The maximum absolute atomic E-state index is 6.11. The van der Waals surface area contributed by atoms with Gasteiger partial charge in [-0.1, -0.05) is 0 Å². The Morgan fingerprint density at radius 2 is 0.678 bits per heavy atom. The number of aryl methyl sites for hydroxylation is 18. The minimum absolute atomic E-state index is 0.841. The summed E-state index contributed by atoms with van der Waals surface area (Å²) in [5.74, 6) is 0.841. The largest absolute Gasteiger partial charge is 0.397 e. The maximum Gasteiger partial charge on any atom is 0.111 e. The number of nitrogen functional groups attached to an aromatic ring is 2. The smallest absolute Gasteiger partial charge is 0.111 e. The fourth-order valence-electron chi connectivity index (χ4n) is 8.64. The van der Waals surface area contributed by atoms with E-state index in [-0.39, 0.29) is 0 Å². The number of hydrogen-bond acceptors (Lipinski definition) is 6. The molecule has 0 aliphatic carbocycles. The number of hydrogen-bond donors (Lipinski definition) is 2. The molecule has 314 valence electrons. The number of nitrogens with two attached hydrogens (primary N) is 2. The van der Waals surface area contributed by atoms with E-state index >= 15 is 0 Å². The molecule has 8 rings (SSSR count). The van der Waals surface area contributed by atoms with Crippen LogP contribution in [0.3, 0.4) is 0 Å². The van der Waals surface area contributed by atoms with Gasteiger partial charge in [-0.3, -0.25) is 24.3 Å². The molecule has 0 unspecified atom stereocenters. The molecular weight excluding hydrogens is 729 g/mol. The lowest BCUT2D eigenvalue weighted by atomic mass is 10.1. The van der Waals surface area contributed by atoms with E-state index < -0.39 is 0 Å². The van der Waals surface area contributed by atoms with Gasteiger partial charge in [0.2, 0.25) is 0 Å². The molecule has 8 aromatic heterocycles. The van der Waals surface area contributed by atoms with Crippen LogP contribution >= 0.6 is 0 Å². The fraction of sp³-hybridized carbons (Fsp3) is 0.429. The van der Waals surface area contributed by atoms with Gasteiger partial charge in [-0.25, -0.2) is 0 Å². The van der Waals surface area contributed by atoms with Crippen molar-refractivity contribution in [1.82, 2.24) is 37.5 Å². The van der Waals surface area contributed by atoms with E-state index in [0.717, 1.165) is 84.9 Å². The van der Waals surface area contributed by atoms with Crippen molar-refractivity contribution in [2.45, 2.75) is 145 Å². The third-order valence-corrected chi connectivity index (χ3v) is 13.2. The lowest BCUT2D eigenvalue weighted by molar-refractivity contribution is 0.946. The van der Waals surface area contributed by atoms with Gasteiger partial charge in [-0.15, -0.1) is 0 Å². The number of fused-ring (bicyclic) bond motifs is 4. The second-order valence-corrected chi connectivity index (χ2v) is 16.8. The Bertz CT molecular complexity index is 2720. The van der Waals surface area contributed by atoms with E-state index in [2.05, 4.69) is 161 Å². The monoisotopic (exact) mass is 797 g/mol. The van der Waals surface area contributed by atoms with Crippen molar-refractivity contribution in [2.75, 3.05) is 11.5 Å². The molecule has 0 spiro atoms. The lowest BCUT2D eigenvalue weighted by Crippen LogP contribution is -2.03. The first kappa shape index (κ1) is 44.5. The van der Waals surface area contributed by atoms with Gasteiger partial charge in [0.15, 0.2) is 0 Å². The van der Waals surface area contributed by atoms with Crippen molar-refractivity contribution < 1.29 is 0 Å². The van der Waals surface area contributed by atoms with E-state index in [1.54, 1.807) is 0 Å². The van der Waals surface area contributed by atoms with E-state index in [1.165, 1.54) is 67.5 Å². The predicted octanol–water partition coefficient (Wildman–Crippen LogP) is 11.0. The standard InChI is InChI=1S/C13H18N2.2C12H17N3.C12H16N2/c1-7-8(2)13-10(4)14-9(3)12(6)15(13)11(7)5;1-6-9(4)15-10(5)7(2)14-8(3)12(15)11(6)13;1-6-7(2)12(13)15-10(5)8(3)14-9(4)11(6)15;1-7-6-12-9(3)13-8(2)11(5)14(12)10(7)4/h1-6H3;2*13H2,1-5H3;6H,1-5H3. The Morgan fingerprint density at radius 3 is 1.17 bits per heavy atom. The average molecular weight is 797 g/mol. The van der Waals surface area contributed by atoms with E-state index in [1.807, 2.05) is 27.7 Å². The Kier molecular flexibility index (Phi) is 12.2. The minimum atomic E-state index is 0.841. The van der Waals surface area contributed by atoms with E-state index in [4.69, 9.17) is 11.5 Å². The van der Waals surface area contributed by atoms with Crippen LogP contribution in [0.5, 0.6) is 0 Å². The molecule has 8 aromatic rings. The summed E-state index contributed by atoms with van der Waals surface area (Å²) in [6.07, 6.45) is 0. The van der Waals surface area contributed by atoms with Crippen molar-refractivity contribution in [2.24, 2.45) is 0 Å². The molecule has 0 amide bonds. The molecule has 0 aromatic carbocycles. The summed E-state index contributed by atoms with van der Waals surface area (Å²) in [6, 6.07) is 2.21. The zero-order valence-corrected chi connectivity index (χ0v) is 39.8. The molecule has 0 aliphatic heterocycles. The normalized spacial score (nSPS) is 11.3. The summed E-state index contributed by atoms with van der Waals surface area (Å²) >= 11 is 0. The summed E-state index contributed by atoms with van der Waals surface area (Å²) in [5, 5.41) is 0. The predicted molar refractivity (Wildman–Crippen MR) is 249 cm³/mol. The summed E-state index contributed by atoms with van der Waals surface area (Å²) in [5.41, 5.74) is 42.8. The lowest BCUT2D eigenvalue weighted by Gasteiger charge is -2.09. The van der Waals surface area contributed by atoms with Crippen LogP contribution in [-0.4, -0.2) is 37.5 Å². The maximum atomic E-state index is 6.11. The van der Waals surface area contributed by atoms with Crippen LogP contribution in [0.2, 0.25) is 0 Å². The molecule has 0 atom stereocenters. The molecule has 10 nitrogen and oxygen atoms in total. The van der Waals surface area contributed by atoms with Crippen molar-refractivity contribution in [3.63, 3.8) is 0 Å². The molecular formula is C49H68N10. The molecule has 4 N–H and O–H groups in total. The van der Waals surface area contributed by atoms with E-state index in [9.17, 15) is 0 Å². The van der Waals surface area contributed by atoms with Crippen LogP contribution in [0, 0.1) is 145 Å². The topological polar surface area (TPSA) is 121 Å². The Morgan fingerprint density at radius 1 is 0.322 bits per heavy atom. The van der Waals surface area contributed by atoms with Crippen LogP contribution in [-0.2, 0) is 0 Å². The molecule has 0 saturated heterocycles. The second kappa shape index (κ2) is 16.2. The van der Waals surface area contributed by atoms with E-state index in [0.29, 0.717) is 0 Å². The third-order valence-electron chi connectivity index (χ3n) is 13.2. The van der Waals surface area contributed by atoms with Crippen LogP contribution in [0.4, 0.5) is 11.5 Å². The van der Waals surface area contributed by atoms with Crippen LogP contribution in [0.1, 0.15) is 119 Å². The minimum Gasteiger partial charge on any atom is -0.397 e. The molecule has 0 radical (unpaired) electrons. The van der Waals surface area contributed by atoms with Crippen molar-refractivity contribution in [3.05, 3.63) is 125 Å². The van der Waals surface area contributed by atoms with Crippen LogP contribution in [0.15, 0.2) is 6.07 Å². The second-order valence-electron chi connectivity index (χ2n) is 16.8. The van der Waals surface area contributed by atoms with Crippen molar-refractivity contribution in [3.8, 4) is 0 Å². The van der Waals surface area contributed by atoms with Crippen LogP contribution < -0.4 is 11.5 Å². The number of anilines is 2. The van der Waals surface area contributed by atoms with Gasteiger partial charge >= 0.3 is 0 Å². The Hall–Kier alpha value is -5.64. The number of rotatable bonds is 0. The average Bonchev–Trinajstić information content (AvgIpc) is 3.78. The summed E-state index contributed by atoms with van der Waals surface area (Å²) in [7, 11) is 0. The first-order valence-electron chi connectivity index (χ1n) is 20.6. The Labute approximate surface area is 351 Å². The first-order valence-corrected chi connectivity index (χ1v) is 20.6. The molecule has 0 saturated carbocycles. The quantitative estimate of drug-likeness (QED) is 0.158. The van der Waals surface area contributed by atoms with Gasteiger partial charge in [0.25, 0.3) is 0 Å². The molecule has 59 heavy (non-hydrogen) atoms. The van der Waals surface area contributed by atoms with Gasteiger partial charge in [0.1, 0.15) is 5.82 Å². The number of aromatic nitrogens is 8. The highest BCUT2D eigenvalue weighted by Crippen LogP contribution is 2.30. The van der Waals surface area contributed by atoms with Crippen molar-refractivity contribution >= 4 is 33.6 Å². The molecule has 8 heterocycles. The molecule has 10 heteroatoms. The summed E-state index contributed by atoms with van der Waals surface area (Å²) < 4.78 is 8.96. The molecule has 0 aliphatic rings. The van der Waals surface area contributed by atoms with Gasteiger partial charge in [0.05, 0.1) is 73.3 Å². The van der Waals surface area contributed by atoms with Gasteiger partial charge in [0, 0.05) is 39.9 Å². The SMILES string of the molecule is Cc1cc2c(C)nc(C)c(C)n2c1C.Cc1nc(C)c2c(C)c(C)c(C)n2c1C.Cc1nc(C)c2c(C)c(C)c(N)n2c1C.Cc1nc(C)c2c(N)c(C)c(C)n2c1C. The highest BCUT2D eigenvalue weighted by Gasteiger charge is 2.17. The third kappa shape index (κ3) is 7.36.